The van der Waals surface area contributed by atoms with Crippen LogP contribution < -0.4 is 5.32 Å². The molecule has 0 bridgehead atoms. The highest BCUT2D eigenvalue weighted by molar-refractivity contribution is 5.92. The van der Waals surface area contributed by atoms with Crippen molar-refractivity contribution in [2.45, 2.75) is 26.3 Å². The quantitative estimate of drug-likeness (QED) is 0.654. The molecule has 19 heavy (non-hydrogen) atoms. The Balaban J connectivity index is 2.62. The smallest absolute Gasteiger partial charge is 0.337 e. The lowest BCUT2D eigenvalue weighted by Gasteiger charge is -2.08. The second-order valence-corrected chi connectivity index (χ2v) is 4.26. The highest BCUT2D eigenvalue weighted by atomic mass is 16.5. The van der Waals surface area contributed by atoms with Gasteiger partial charge in [-0.2, -0.15) is 0 Å². The molecule has 0 saturated carbocycles. The van der Waals surface area contributed by atoms with Crippen LogP contribution in [0.4, 0.5) is 0 Å². The van der Waals surface area contributed by atoms with E-state index in [-0.39, 0.29) is 17.9 Å². The van der Waals surface area contributed by atoms with Crippen molar-refractivity contribution >= 4 is 18.0 Å². The minimum atomic E-state index is -0.370. The molecule has 0 radical (unpaired) electrons. The highest BCUT2D eigenvalue weighted by Gasteiger charge is 2.04. The molecule has 0 spiro atoms. The van der Waals surface area contributed by atoms with E-state index in [0.29, 0.717) is 5.56 Å². The van der Waals surface area contributed by atoms with E-state index < -0.39 is 0 Å². The molecule has 1 N–H and O–H groups in total. The van der Waals surface area contributed by atoms with Gasteiger partial charge in [-0.3, -0.25) is 4.79 Å². The summed E-state index contributed by atoms with van der Waals surface area (Å²) in [6.45, 7) is 3.97. The number of hydrogen-bond acceptors (Lipinski definition) is 3. The number of esters is 1. The molecule has 1 aromatic rings. The fourth-order valence-corrected chi connectivity index (χ4v) is 1.41. The Hall–Kier alpha value is -2.10. The predicted octanol–water partition coefficient (Wildman–Crippen LogP) is 2.40. The van der Waals surface area contributed by atoms with Gasteiger partial charge in [-0.05, 0) is 37.1 Å². The number of hydrogen-bond donors (Lipinski definition) is 1. The SMILES string of the molecule is CCC(C)NC(=O)/C=C/c1ccc(C(=O)OC)cc1. The molecule has 0 fully saturated rings. The van der Waals surface area contributed by atoms with Gasteiger partial charge in [-0.1, -0.05) is 19.1 Å². The zero-order valence-corrected chi connectivity index (χ0v) is 11.5. The first-order chi connectivity index (χ1) is 9.06. The number of ether oxygens (including phenoxy) is 1. The lowest BCUT2D eigenvalue weighted by molar-refractivity contribution is -0.117. The minimum Gasteiger partial charge on any atom is -0.465 e. The first-order valence-electron chi connectivity index (χ1n) is 6.23. The van der Waals surface area contributed by atoms with Gasteiger partial charge in [-0.25, -0.2) is 4.79 Å². The first-order valence-corrected chi connectivity index (χ1v) is 6.23. The van der Waals surface area contributed by atoms with Crippen LogP contribution in [0.3, 0.4) is 0 Å². The summed E-state index contributed by atoms with van der Waals surface area (Å²) >= 11 is 0. The average Bonchev–Trinajstić information content (AvgIpc) is 2.44. The second kappa shape index (κ2) is 7.36. The Morgan fingerprint density at radius 2 is 1.95 bits per heavy atom. The zero-order valence-electron chi connectivity index (χ0n) is 11.5. The molecule has 0 aliphatic rings. The fourth-order valence-electron chi connectivity index (χ4n) is 1.41. The monoisotopic (exact) mass is 261 g/mol. The topological polar surface area (TPSA) is 55.4 Å². The van der Waals surface area contributed by atoms with Crippen LogP contribution in [0.1, 0.15) is 36.2 Å². The summed E-state index contributed by atoms with van der Waals surface area (Å²) in [6, 6.07) is 7.02. The van der Waals surface area contributed by atoms with Crippen LogP contribution in [0.2, 0.25) is 0 Å². The molecular formula is C15H19NO3. The van der Waals surface area contributed by atoms with Gasteiger partial charge in [0.05, 0.1) is 12.7 Å². The van der Waals surface area contributed by atoms with Crippen molar-refractivity contribution < 1.29 is 14.3 Å². The zero-order chi connectivity index (χ0) is 14.3. The molecule has 0 aliphatic carbocycles. The normalized spacial score (nSPS) is 12.2. The van der Waals surface area contributed by atoms with E-state index in [1.807, 2.05) is 13.8 Å². The number of methoxy groups -OCH3 is 1. The molecule has 1 unspecified atom stereocenters. The van der Waals surface area contributed by atoms with Gasteiger partial charge in [-0.15, -0.1) is 0 Å². The van der Waals surface area contributed by atoms with Crippen molar-refractivity contribution in [1.29, 1.82) is 0 Å². The molecule has 1 atom stereocenters. The van der Waals surface area contributed by atoms with E-state index in [1.165, 1.54) is 13.2 Å². The van der Waals surface area contributed by atoms with Crippen LogP contribution in [0, 0.1) is 0 Å². The lowest BCUT2D eigenvalue weighted by Crippen LogP contribution is -2.30. The fraction of sp³-hybridized carbons (Fsp3) is 0.333. The van der Waals surface area contributed by atoms with E-state index in [1.54, 1.807) is 30.3 Å². The number of nitrogens with one attached hydrogen (secondary N) is 1. The third-order valence-corrected chi connectivity index (χ3v) is 2.76. The molecule has 1 rings (SSSR count). The summed E-state index contributed by atoms with van der Waals surface area (Å²) in [5.41, 5.74) is 1.34. The van der Waals surface area contributed by atoms with Crippen LogP contribution in [-0.4, -0.2) is 25.0 Å². The van der Waals surface area contributed by atoms with Crippen LogP contribution in [0.15, 0.2) is 30.3 Å². The van der Waals surface area contributed by atoms with Gasteiger partial charge in [0, 0.05) is 12.1 Å². The lowest BCUT2D eigenvalue weighted by atomic mass is 10.1. The van der Waals surface area contributed by atoms with E-state index >= 15 is 0 Å². The maximum absolute atomic E-state index is 11.5. The van der Waals surface area contributed by atoms with E-state index in [4.69, 9.17) is 0 Å². The summed E-state index contributed by atoms with van der Waals surface area (Å²) in [5.74, 6) is -0.489. The summed E-state index contributed by atoms with van der Waals surface area (Å²) in [6.07, 6.45) is 4.09. The van der Waals surface area contributed by atoms with Crippen LogP contribution in [0.5, 0.6) is 0 Å². The largest absolute Gasteiger partial charge is 0.465 e. The summed E-state index contributed by atoms with van der Waals surface area (Å²) in [7, 11) is 1.34. The van der Waals surface area contributed by atoms with Crippen LogP contribution in [-0.2, 0) is 9.53 Å². The molecule has 4 nitrogen and oxygen atoms in total. The van der Waals surface area contributed by atoms with Crippen molar-refractivity contribution in [3.8, 4) is 0 Å². The molecule has 102 valence electrons. The second-order valence-electron chi connectivity index (χ2n) is 4.26. The molecular weight excluding hydrogens is 242 g/mol. The summed E-state index contributed by atoms with van der Waals surface area (Å²) in [4.78, 5) is 22.8. The van der Waals surface area contributed by atoms with Crippen molar-refractivity contribution in [2.24, 2.45) is 0 Å². The maximum atomic E-state index is 11.5. The maximum Gasteiger partial charge on any atom is 0.337 e. The third kappa shape index (κ3) is 4.95. The molecule has 4 heteroatoms. The van der Waals surface area contributed by atoms with E-state index in [9.17, 15) is 9.59 Å². The van der Waals surface area contributed by atoms with Gasteiger partial charge in [0.2, 0.25) is 5.91 Å². The van der Waals surface area contributed by atoms with Crippen LogP contribution in [0.25, 0.3) is 6.08 Å². The van der Waals surface area contributed by atoms with Crippen molar-refractivity contribution in [2.75, 3.05) is 7.11 Å². The number of amides is 1. The predicted molar refractivity (Wildman–Crippen MR) is 74.7 cm³/mol. The number of benzene rings is 1. The minimum absolute atomic E-state index is 0.119. The van der Waals surface area contributed by atoms with Crippen LogP contribution >= 0.6 is 0 Å². The highest BCUT2D eigenvalue weighted by Crippen LogP contribution is 2.07. The molecule has 1 aromatic carbocycles. The van der Waals surface area contributed by atoms with Crippen molar-refractivity contribution in [1.82, 2.24) is 5.32 Å². The van der Waals surface area contributed by atoms with Gasteiger partial charge >= 0.3 is 5.97 Å². The molecule has 0 saturated heterocycles. The molecule has 0 aromatic heterocycles. The van der Waals surface area contributed by atoms with Gasteiger partial charge < -0.3 is 10.1 Å². The van der Waals surface area contributed by atoms with E-state index in [0.717, 1.165) is 12.0 Å². The van der Waals surface area contributed by atoms with Gasteiger partial charge in [0.1, 0.15) is 0 Å². The van der Waals surface area contributed by atoms with Crippen molar-refractivity contribution in [3.05, 3.63) is 41.5 Å². The van der Waals surface area contributed by atoms with Crippen molar-refractivity contribution in [3.63, 3.8) is 0 Å². The average molecular weight is 261 g/mol. The number of rotatable bonds is 5. The summed E-state index contributed by atoms with van der Waals surface area (Å²) in [5, 5.41) is 2.84. The van der Waals surface area contributed by atoms with Gasteiger partial charge in [0.25, 0.3) is 0 Å². The summed E-state index contributed by atoms with van der Waals surface area (Å²) < 4.78 is 4.61. The number of carbonyl (C=O) groups excluding carboxylic acids is 2. The Bertz CT molecular complexity index is 463. The van der Waals surface area contributed by atoms with E-state index in [2.05, 4.69) is 10.1 Å². The standard InChI is InChI=1S/C15H19NO3/c1-4-11(2)16-14(17)10-7-12-5-8-13(9-6-12)15(18)19-3/h5-11H,4H2,1-3H3,(H,16,17)/b10-7+. The Labute approximate surface area is 113 Å². The Kier molecular flexibility index (Phi) is 5.79. The first kappa shape index (κ1) is 15.0. The Morgan fingerprint density at radius 1 is 1.32 bits per heavy atom. The third-order valence-electron chi connectivity index (χ3n) is 2.76. The molecule has 0 aliphatic heterocycles. The van der Waals surface area contributed by atoms with Gasteiger partial charge in [0.15, 0.2) is 0 Å². The Morgan fingerprint density at radius 3 is 2.47 bits per heavy atom. The molecule has 0 heterocycles. The number of carbonyl (C=O) groups is 2. The molecule has 1 amide bonds.